The Balaban J connectivity index is 2.02. The third-order valence-corrected chi connectivity index (χ3v) is 4.24. The van der Waals surface area contributed by atoms with Crippen LogP contribution in [0.5, 0.6) is 0 Å². The van der Waals surface area contributed by atoms with Crippen LogP contribution in [-0.2, 0) is 6.54 Å². The Hall–Kier alpha value is -1.82. The molecule has 22 heavy (non-hydrogen) atoms. The monoisotopic (exact) mass is 364 g/mol. The molecule has 0 fully saturated rings. The van der Waals surface area contributed by atoms with Crippen LogP contribution in [0.4, 0.5) is 5.82 Å². The molecule has 3 N–H and O–H groups in total. The van der Waals surface area contributed by atoms with Crippen LogP contribution in [0, 0.1) is 0 Å². The molecule has 6 heteroatoms. The minimum atomic E-state index is -0.0219. The molecule has 0 unspecified atom stereocenters. The molecule has 1 aromatic heterocycles. The van der Waals surface area contributed by atoms with E-state index in [4.69, 9.17) is 5.73 Å². The third-order valence-electron chi connectivity index (χ3n) is 3.62. The Kier molecular flexibility index (Phi) is 5.60. The van der Waals surface area contributed by atoms with Crippen LogP contribution in [0.1, 0.15) is 42.6 Å². The van der Waals surface area contributed by atoms with E-state index in [0.29, 0.717) is 17.9 Å². The zero-order valence-electron chi connectivity index (χ0n) is 12.8. The number of rotatable bonds is 6. The summed E-state index contributed by atoms with van der Waals surface area (Å²) in [5, 5.41) is 7.23. The number of nitrogen functional groups attached to an aromatic ring is 1. The fraction of sp³-hybridized carbons (Fsp3) is 0.375. The first-order valence-electron chi connectivity index (χ1n) is 7.41. The molecule has 0 aliphatic rings. The fourth-order valence-electron chi connectivity index (χ4n) is 2.20. The molecular formula is C16H21BrN4O. The van der Waals surface area contributed by atoms with Crippen molar-refractivity contribution in [2.45, 2.75) is 39.3 Å². The summed E-state index contributed by atoms with van der Waals surface area (Å²) in [6.07, 6.45) is 3.72. The van der Waals surface area contributed by atoms with E-state index < -0.39 is 0 Å². The highest BCUT2D eigenvalue weighted by Crippen LogP contribution is 2.17. The van der Waals surface area contributed by atoms with Gasteiger partial charge < -0.3 is 11.1 Å². The van der Waals surface area contributed by atoms with E-state index in [-0.39, 0.29) is 11.9 Å². The number of carbonyl (C=O) groups excluding carboxylic acids is 1. The summed E-state index contributed by atoms with van der Waals surface area (Å²) < 4.78 is 2.55. The molecule has 0 aliphatic heterocycles. The number of aromatic nitrogens is 2. The Morgan fingerprint density at radius 3 is 2.45 bits per heavy atom. The van der Waals surface area contributed by atoms with E-state index >= 15 is 0 Å². The number of hydrogen-bond donors (Lipinski definition) is 2. The molecule has 2 rings (SSSR count). The molecule has 118 valence electrons. The summed E-state index contributed by atoms with van der Waals surface area (Å²) >= 11 is 3.34. The minimum Gasteiger partial charge on any atom is -0.381 e. The summed E-state index contributed by atoms with van der Waals surface area (Å²) in [6, 6.07) is 7.79. The predicted octanol–water partition coefficient (Wildman–Crippen LogP) is 3.19. The summed E-state index contributed by atoms with van der Waals surface area (Å²) in [4.78, 5) is 12.1. The van der Waals surface area contributed by atoms with Crippen molar-refractivity contribution in [3.05, 3.63) is 46.1 Å². The maximum Gasteiger partial charge on any atom is 0.251 e. The normalized spacial score (nSPS) is 10.9. The van der Waals surface area contributed by atoms with Crippen molar-refractivity contribution >= 4 is 27.7 Å². The van der Waals surface area contributed by atoms with Crippen molar-refractivity contribution in [1.82, 2.24) is 15.1 Å². The molecule has 0 saturated carbocycles. The van der Waals surface area contributed by atoms with Gasteiger partial charge in [-0.25, -0.2) is 0 Å². The van der Waals surface area contributed by atoms with Gasteiger partial charge in [0, 0.05) is 17.8 Å². The highest BCUT2D eigenvalue weighted by molar-refractivity contribution is 9.10. The van der Waals surface area contributed by atoms with Crippen LogP contribution < -0.4 is 11.1 Å². The molecule has 1 heterocycles. The average molecular weight is 365 g/mol. The minimum absolute atomic E-state index is 0.0219. The second-order valence-corrected chi connectivity index (χ2v) is 6.10. The fourth-order valence-corrected chi connectivity index (χ4v) is 2.52. The van der Waals surface area contributed by atoms with Gasteiger partial charge in [0.25, 0.3) is 5.91 Å². The average Bonchev–Trinajstić information content (AvgIpc) is 2.83. The zero-order valence-corrected chi connectivity index (χ0v) is 14.4. The molecule has 0 spiro atoms. The number of nitrogens with zero attached hydrogens (tertiary/aromatic N) is 2. The zero-order chi connectivity index (χ0) is 16.1. The number of nitrogens with one attached hydrogen (secondary N) is 1. The molecule has 5 nitrogen and oxygen atoms in total. The van der Waals surface area contributed by atoms with Crippen molar-refractivity contribution in [1.29, 1.82) is 0 Å². The Bertz CT molecular complexity index is 613. The molecule has 1 aromatic carbocycles. The largest absolute Gasteiger partial charge is 0.381 e. The molecular weight excluding hydrogens is 344 g/mol. The van der Waals surface area contributed by atoms with Crippen molar-refractivity contribution in [2.75, 3.05) is 5.73 Å². The maximum atomic E-state index is 12.1. The SMILES string of the molecule is CCC(CC)NC(=O)c1ccc(Cn2cc(Br)c(N)n2)cc1. The van der Waals surface area contributed by atoms with Crippen LogP contribution in [-0.4, -0.2) is 21.7 Å². The van der Waals surface area contributed by atoms with Crippen molar-refractivity contribution in [3.8, 4) is 0 Å². The summed E-state index contributed by atoms with van der Waals surface area (Å²) in [5.41, 5.74) is 7.44. The lowest BCUT2D eigenvalue weighted by molar-refractivity contribution is 0.0935. The van der Waals surface area contributed by atoms with E-state index in [1.54, 1.807) is 4.68 Å². The van der Waals surface area contributed by atoms with Gasteiger partial charge in [0.05, 0.1) is 11.0 Å². The second kappa shape index (κ2) is 7.45. The number of carbonyl (C=O) groups is 1. The van der Waals surface area contributed by atoms with Crippen LogP contribution in [0.25, 0.3) is 0 Å². The first-order chi connectivity index (χ1) is 10.5. The van der Waals surface area contributed by atoms with Gasteiger partial charge in [-0.1, -0.05) is 26.0 Å². The first kappa shape index (κ1) is 16.5. The molecule has 0 bridgehead atoms. The van der Waals surface area contributed by atoms with Crippen molar-refractivity contribution < 1.29 is 4.79 Å². The quantitative estimate of drug-likeness (QED) is 0.826. The van der Waals surface area contributed by atoms with Gasteiger partial charge in [0.2, 0.25) is 0 Å². The van der Waals surface area contributed by atoms with Crippen LogP contribution in [0.2, 0.25) is 0 Å². The van der Waals surface area contributed by atoms with Gasteiger partial charge in [-0.3, -0.25) is 9.48 Å². The predicted molar refractivity (Wildman–Crippen MR) is 91.7 cm³/mol. The number of hydrogen-bond acceptors (Lipinski definition) is 3. The van der Waals surface area contributed by atoms with Crippen LogP contribution in [0.3, 0.4) is 0 Å². The summed E-state index contributed by atoms with van der Waals surface area (Å²) in [5.74, 6) is 0.451. The first-order valence-corrected chi connectivity index (χ1v) is 8.21. The lowest BCUT2D eigenvalue weighted by Crippen LogP contribution is -2.33. The van der Waals surface area contributed by atoms with Gasteiger partial charge in [-0.15, -0.1) is 0 Å². The van der Waals surface area contributed by atoms with Gasteiger partial charge in [-0.05, 0) is 46.5 Å². The smallest absolute Gasteiger partial charge is 0.251 e. The number of halogens is 1. The summed E-state index contributed by atoms with van der Waals surface area (Å²) in [6.45, 7) is 4.77. The molecule has 0 aliphatic carbocycles. The van der Waals surface area contributed by atoms with Gasteiger partial charge in [0.1, 0.15) is 0 Å². The molecule has 0 radical (unpaired) electrons. The lowest BCUT2D eigenvalue weighted by atomic mass is 10.1. The van der Waals surface area contributed by atoms with Gasteiger partial charge in [0.15, 0.2) is 5.82 Å². The van der Waals surface area contributed by atoms with E-state index in [1.165, 1.54) is 0 Å². The van der Waals surface area contributed by atoms with Crippen molar-refractivity contribution in [3.63, 3.8) is 0 Å². The number of anilines is 1. The van der Waals surface area contributed by atoms with Crippen LogP contribution >= 0.6 is 15.9 Å². The Labute approximate surface area is 139 Å². The van der Waals surface area contributed by atoms with E-state index in [1.807, 2.05) is 30.5 Å². The van der Waals surface area contributed by atoms with Gasteiger partial charge in [-0.2, -0.15) is 5.10 Å². The molecule has 0 atom stereocenters. The lowest BCUT2D eigenvalue weighted by Gasteiger charge is -2.14. The maximum absolute atomic E-state index is 12.1. The Morgan fingerprint density at radius 1 is 1.32 bits per heavy atom. The number of nitrogens with two attached hydrogens (primary N) is 1. The highest BCUT2D eigenvalue weighted by Gasteiger charge is 2.10. The Morgan fingerprint density at radius 2 is 1.95 bits per heavy atom. The molecule has 0 saturated heterocycles. The number of amides is 1. The van der Waals surface area contributed by atoms with Gasteiger partial charge >= 0.3 is 0 Å². The van der Waals surface area contributed by atoms with Crippen molar-refractivity contribution in [2.24, 2.45) is 0 Å². The van der Waals surface area contributed by atoms with Crippen LogP contribution in [0.15, 0.2) is 34.9 Å². The second-order valence-electron chi connectivity index (χ2n) is 5.24. The molecule has 2 aromatic rings. The number of benzene rings is 1. The molecule has 1 amide bonds. The highest BCUT2D eigenvalue weighted by atomic mass is 79.9. The topological polar surface area (TPSA) is 72.9 Å². The third kappa shape index (κ3) is 4.10. The van der Waals surface area contributed by atoms with E-state index in [0.717, 1.165) is 22.9 Å². The standard InChI is InChI=1S/C16H21BrN4O/c1-3-13(4-2)19-16(22)12-7-5-11(6-8-12)9-21-10-14(17)15(18)20-21/h5-8,10,13H,3-4,9H2,1-2H3,(H2,18,20)(H,19,22). The summed E-state index contributed by atoms with van der Waals surface area (Å²) in [7, 11) is 0. The van der Waals surface area contributed by atoms with E-state index in [9.17, 15) is 4.79 Å². The van der Waals surface area contributed by atoms with E-state index in [2.05, 4.69) is 40.2 Å².